The van der Waals surface area contributed by atoms with Gasteiger partial charge in [-0.05, 0) is 42.8 Å². The zero-order valence-electron chi connectivity index (χ0n) is 14.9. The summed E-state index contributed by atoms with van der Waals surface area (Å²) < 4.78 is 15.9. The number of anilines is 1. The van der Waals surface area contributed by atoms with Crippen molar-refractivity contribution in [2.24, 2.45) is 5.10 Å². The van der Waals surface area contributed by atoms with Crippen molar-refractivity contribution in [1.82, 2.24) is 5.43 Å². The molecule has 27 heavy (non-hydrogen) atoms. The number of hydrogen-bond acceptors (Lipinski definition) is 6. The van der Waals surface area contributed by atoms with E-state index in [9.17, 15) is 9.59 Å². The molecule has 1 aliphatic rings. The number of benzene rings is 2. The Bertz CT molecular complexity index is 895. The number of amides is 2. The van der Waals surface area contributed by atoms with Gasteiger partial charge in [-0.15, -0.1) is 0 Å². The monoisotopic (exact) mass is 369 g/mol. The number of ether oxygens (including phenoxy) is 3. The van der Waals surface area contributed by atoms with Crippen molar-refractivity contribution in [3.63, 3.8) is 0 Å². The molecule has 0 aromatic heterocycles. The first-order valence-corrected chi connectivity index (χ1v) is 8.23. The molecule has 1 heterocycles. The summed E-state index contributed by atoms with van der Waals surface area (Å²) in [5.41, 5.74) is 4.33. The van der Waals surface area contributed by atoms with Crippen LogP contribution in [0.25, 0.3) is 0 Å². The molecule has 0 bridgehead atoms. The number of fused-ring (bicyclic) bond motifs is 1. The summed E-state index contributed by atoms with van der Waals surface area (Å²) in [6.45, 7) is 1.54. The summed E-state index contributed by atoms with van der Waals surface area (Å²) in [7, 11) is 1.53. The number of carbonyl (C=O) groups excluding carboxylic acids is 2. The number of hydrazone groups is 1. The Labute approximate surface area is 156 Å². The second-order valence-corrected chi connectivity index (χ2v) is 5.72. The maximum Gasteiger partial charge on any atom is 0.277 e. The lowest BCUT2D eigenvalue weighted by Crippen LogP contribution is -2.26. The summed E-state index contributed by atoms with van der Waals surface area (Å²) in [6.07, 6.45) is 0. The van der Waals surface area contributed by atoms with E-state index >= 15 is 0 Å². The van der Waals surface area contributed by atoms with E-state index in [0.717, 1.165) is 5.56 Å². The van der Waals surface area contributed by atoms with Gasteiger partial charge >= 0.3 is 0 Å². The van der Waals surface area contributed by atoms with E-state index in [-0.39, 0.29) is 19.1 Å². The van der Waals surface area contributed by atoms with Crippen LogP contribution >= 0.6 is 0 Å². The molecule has 0 saturated heterocycles. The number of methoxy groups -OCH3 is 1. The zero-order valence-corrected chi connectivity index (χ0v) is 14.9. The van der Waals surface area contributed by atoms with Gasteiger partial charge in [0.25, 0.3) is 11.8 Å². The maximum atomic E-state index is 12.0. The molecule has 0 unspecified atom stereocenters. The van der Waals surface area contributed by atoms with E-state index in [0.29, 0.717) is 28.6 Å². The molecule has 3 rings (SSSR count). The third-order valence-corrected chi connectivity index (χ3v) is 3.81. The SMILES string of the molecule is COc1ccccc1OCC(=O)N/N=C(/C)c1ccc2c(c1)NC(=O)CO2. The first kappa shape index (κ1) is 18.2. The predicted octanol–water partition coefficient (Wildman–Crippen LogP) is 1.95. The summed E-state index contributed by atoms with van der Waals surface area (Å²) in [4.78, 5) is 23.4. The highest BCUT2D eigenvalue weighted by molar-refractivity contribution is 6.02. The zero-order chi connectivity index (χ0) is 19.2. The minimum Gasteiger partial charge on any atom is -0.493 e. The molecule has 2 N–H and O–H groups in total. The third kappa shape index (κ3) is 4.55. The summed E-state index contributed by atoms with van der Waals surface area (Å²) in [6, 6.07) is 12.3. The fourth-order valence-corrected chi connectivity index (χ4v) is 2.43. The number of hydrogen-bond donors (Lipinski definition) is 2. The highest BCUT2D eigenvalue weighted by atomic mass is 16.5. The standard InChI is InChI=1S/C19H19N3O5/c1-12(13-7-8-15-14(9-13)20-18(23)10-26-15)21-22-19(24)11-27-17-6-4-3-5-16(17)25-2/h3-9H,10-11H2,1-2H3,(H,20,23)(H,22,24)/b21-12-. The lowest BCUT2D eigenvalue weighted by molar-refractivity contribution is -0.123. The van der Waals surface area contributed by atoms with Crippen LogP contribution in [0.5, 0.6) is 17.2 Å². The van der Waals surface area contributed by atoms with Crippen LogP contribution in [0.3, 0.4) is 0 Å². The maximum absolute atomic E-state index is 12.0. The van der Waals surface area contributed by atoms with E-state index in [1.54, 1.807) is 43.3 Å². The molecule has 0 aliphatic carbocycles. The Kier molecular flexibility index (Phi) is 5.55. The van der Waals surface area contributed by atoms with Gasteiger partial charge in [-0.3, -0.25) is 9.59 Å². The molecule has 2 aromatic carbocycles. The Hall–Kier alpha value is -3.55. The second-order valence-electron chi connectivity index (χ2n) is 5.72. The van der Waals surface area contributed by atoms with Gasteiger partial charge in [0, 0.05) is 0 Å². The molecule has 8 nitrogen and oxygen atoms in total. The molecule has 2 amide bonds. The average Bonchev–Trinajstić information content (AvgIpc) is 2.70. The van der Waals surface area contributed by atoms with E-state index in [2.05, 4.69) is 15.8 Å². The highest BCUT2D eigenvalue weighted by Crippen LogP contribution is 2.28. The van der Waals surface area contributed by atoms with Gasteiger partial charge in [-0.25, -0.2) is 5.43 Å². The molecule has 0 atom stereocenters. The molecule has 0 spiro atoms. The minimum absolute atomic E-state index is 0.00166. The summed E-state index contributed by atoms with van der Waals surface area (Å²) in [5, 5.41) is 6.80. The first-order chi connectivity index (χ1) is 13.1. The number of para-hydroxylation sites is 2. The Morgan fingerprint density at radius 3 is 2.81 bits per heavy atom. The lowest BCUT2D eigenvalue weighted by Gasteiger charge is -2.18. The minimum atomic E-state index is -0.408. The van der Waals surface area contributed by atoms with Crippen LogP contribution in [0.4, 0.5) is 5.69 Å². The molecular weight excluding hydrogens is 350 g/mol. The second kappa shape index (κ2) is 8.22. The molecule has 0 fully saturated rings. The van der Waals surface area contributed by atoms with Gasteiger partial charge in [0.2, 0.25) is 0 Å². The normalized spacial score (nSPS) is 13.1. The molecule has 2 aromatic rings. The van der Waals surface area contributed by atoms with Crippen molar-refractivity contribution in [1.29, 1.82) is 0 Å². The quantitative estimate of drug-likeness (QED) is 0.599. The Morgan fingerprint density at radius 1 is 1.26 bits per heavy atom. The Morgan fingerprint density at radius 2 is 2.04 bits per heavy atom. The average molecular weight is 369 g/mol. The van der Waals surface area contributed by atoms with Gasteiger partial charge in [-0.2, -0.15) is 5.10 Å². The van der Waals surface area contributed by atoms with E-state index in [1.165, 1.54) is 7.11 Å². The predicted molar refractivity (Wildman–Crippen MR) is 99.4 cm³/mol. The number of nitrogens with zero attached hydrogens (tertiary/aromatic N) is 1. The Balaban J connectivity index is 1.59. The number of carbonyl (C=O) groups is 2. The molecule has 0 radical (unpaired) electrons. The van der Waals surface area contributed by atoms with Crippen LogP contribution in [0.15, 0.2) is 47.6 Å². The summed E-state index contributed by atoms with van der Waals surface area (Å²) >= 11 is 0. The van der Waals surface area contributed by atoms with Crippen molar-refractivity contribution in [3.05, 3.63) is 48.0 Å². The molecule has 140 valence electrons. The fourth-order valence-electron chi connectivity index (χ4n) is 2.43. The van der Waals surface area contributed by atoms with Gasteiger partial charge in [-0.1, -0.05) is 12.1 Å². The van der Waals surface area contributed by atoms with Crippen molar-refractivity contribution in [3.8, 4) is 17.2 Å². The smallest absolute Gasteiger partial charge is 0.277 e. The van der Waals surface area contributed by atoms with Crippen molar-refractivity contribution in [2.75, 3.05) is 25.6 Å². The van der Waals surface area contributed by atoms with Gasteiger partial charge in [0.15, 0.2) is 24.7 Å². The van der Waals surface area contributed by atoms with Crippen LogP contribution in [0.1, 0.15) is 12.5 Å². The number of nitrogens with one attached hydrogen (secondary N) is 2. The van der Waals surface area contributed by atoms with Crippen LogP contribution < -0.4 is 25.0 Å². The van der Waals surface area contributed by atoms with Gasteiger partial charge in [0.05, 0.1) is 18.5 Å². The van der Waals surface area contributed by atoms with Crippen LogP contribution in [0, 0.1) is 0 Å². The number of rotatable bonds is 6. The van der Waals surface area contributed by atoms with Crippen LogP contribution in [-0.2, 0) is 9.59 Å². The third-order valence-electron chi connectivity index (χ3n) is 3.81. The van der Waals surface area contributed by atoms with E-state index in [4.69, 9.17) is 14.2 Å². The van der Waals surface area contributed by atoms with E-state index in [1.807, 2.05) is 6.07 Å². The largest absolute Gasteiger partial charge is 0.493 e. The fraction of sp³-hybridized carbons (Fsp3) is 0.211. The molecule has 1 aliphatic heterocycles. The van der Waals surface area contributed by atoms with Gasteiger partial charge in [0.1, 0.15) is 5.75 Å². The first-order valence-electron chi connectivity index (χ1n) is 8.23. The van der Waals surface area contributed by atoms with Crippen LogP contribution in [-0.4, -0.2) is 37.8 Å². The van der Waals surface area contributed by atoms with Crippen molar-refractivity contribution < 1.29 is 23.8 Å². The van der Waals surface area contributed by atoms with Crippen molar-refractivity contribution >= 4 is 23.2 Å². The molecule has 8 heteroatoms. The molecule has 0 saturated carbocycles. The molecular formula is C19H19N3O5. The summed E-state index contributed by atoms with van der Waals surface area (Å²) in [5.74, 6) is 0.996. The van der Waals surface area contributed by atoms with Crippen LogP contribution in [0.2, 0.25) is 0 Å². The topological polar surface area (TPSA) is 98.3 Å². The lowest BCUT2D eigenvalue weighted by atomic mass is 10.1. The van der Waals surface area contributed by atoms with E-state index < -0.39 is 5.91 Å². The highest BCUT2D eigenvalue weighted by Gasteiger charge is 2.16. The van der Waals surface area contributed by atoms with Crippen molar-refractivity contribution in [2.45, 2.75) is 6.92 Å². The van der Waals surface area contributed by atoms with Gasteiger partial charge < -0.3 is 19.5 Å².